The number of ether oxygens (including phenoxy) is 1. The molecule has 0 amide bonds. The van der Waals surface area contributed by atoms with Gasteiger partial charge in [-0.25, -0.2) is 0 Å². The minimum atomic E-state index is -0.110. The van der Waals surface area contributed by atoms with Crippen molar-refractivity contribution in [3.8, 4) is 0 Å². The molecule has 0 aromatic carbocycles. The van der Waals surface area contributed by atoms with Gasteiger partial charge >= 0.3 is 5.97 Å². The van der Waals surface area contributed by atoms with E-state index in [1.54, 1.807) is 11.3 Å². The van der Waals surface area contributed by atoms with E-state index < -0.39 is 0 Å². The highest BCUT2D eigenvalue weighted by Gasteiger charge is 2.32. The van der Waals surface area contributed by atoms with E-state index in [0.29, 0.717) is 25.6 Å². The van der Waals surface area contributed by atoms with Gasteiger partial charge in [0.05, 0.1) is 13.0 Å². The molecule has 1 N–H and O–H groups in total. The fourth-order valence-corrected chi connectivity index (χ4v) is 2.85. The number of rotatable bonds is 7. The van der Waals surface area contributed by atoms with E-state index in [-0.39, 0.29) is 5.97 Å². The molecule has 94 valence electrons. The summed E-state index contributed by atoms with van der Waals surface area (Å²) in [6, 6.07) is 4.69. The third-order valence-corrected chi connectivity index (χ3v) is 3.90. The highest BCUT2D eigenvalue weighted by molar-refractivity contribution is 7.10. The summed E-state index contributed by atoms with van der Waals surface area (Å²) in [5.41, 5.74) is 0. The lowest BCUT2D eigenvalue weighted by Gasteiger charge is -2.16. The predicted molar refractivity (Wildman–Crippen MR) is 69.0 cm³/mol. The first-order chi connectivity index (χ1) is 8.31. The Hall–Kier alpha value is -0.870. The second kappa shape index (κ2) is 6.17. The number of hydrogen-bond donors (Lipinski definition) is 1. The Kier molecular flexibility index (Phi) is 4.57. The van der Waals surface area contributed by atoms with Crippen LogP contribution < -0.4 is 5.32 Å². The fraction of sp³-hybridized carbons (Fsp3) is 0.615. The molecular formula is C13H19NO2S. The van der Waals surface area contributed by atoms with Gasteiger partial charge in [0.2, 0.25) is 0 Å². The van der Waals surface area contributed by atoms with E-state index in [9.17, 15) is 4.79 Å². The predicted octanol–water partition coefficient (Wildman–Crippen LogP) is 2.74. The van der Waals surface area contributed by atoms with E-state index in [1.165, 1.54) is 17.7 Å². The number of carbonyl (C=O) groups is 1. The highest BCUT2D eigenvalue weighted by atomic mass is 32.1. The second-order valence-electron chi connectivity index (χ2n) is 4.34. The molecule has 1 aliphatic carbocycles. The Balaban J connectivity index is 1.77. The largest absolute Gasteiger partial charge is 0.466 e. The summed E-state index contributed by atoms with van der Waals surface area (Å²) in [6.07, 6.45) is 3.06. The molecule has 1 aliphatic rings. The Bertz CT molecular complexity index is 346. The molecule has 1 aromatic heterocycles. The van der Waals surface area contributed by atoms with Crippen LogP contribution >= 0.6 is 11.3 Å². The van der Waals surface area contributed by atoms with Gasteiger partial charge in [-0.15, -0.1) is 11.3 Å². The monoisotopic (exact) mass is 253 g/mol. The van der Waals surface area contributed by atoms with Gasteiger partial charge < -0.3 is 10.1 Å². The average Bonchev–Trinajstić information content (AvgIpc) is 3.00. The maximum atomic E-state index is 11.2. The molecule has 0 bridgehead atoms. The molecule has 1 aromatic rings. The number of carbonyl (C=O) groups excluding carboxylic acids is 1. The Morgan fingerprint density at radius 1 is 1.65 bits per heavy atom. The minimum absolute atomic E-state index is 0.110. The second-order valence-corrected chi connectivity index (χ2v) is 5.32. The van der Waals surface area contributed by atoms with Crippen molar-refractivity contribution >= 4 is 17.3 Å². The van der Waals surface area contributed by atoms with Gasteiger partial charge in [0.1, 0.15) is 0 Å². The van der Waals surface area contributed by atoms with Gasteiger partial charge in [0.15, 0.2) is 0 Å². The molecule has 1 atom stereocenters. The quantitative estimate of drug-likeness (QED) is 0.759. The summed E-state index contributed by atoms with van der Waals surface area (Å²) < 4.78 is 4.91. The van der Waals surface area contributed by atoms with Crippen molar-refractivity contribution < 1.29 is 9.53 Å². The molecule has 2 rings (SSSR count). The molecule has 1 unspecified atom stereocenters. The van der Waals surface area contributed by atoms with Crippen LogP contribution in [0, 0.1) is 5.92 Å². The Morgan fingerprint density at radius 3 is 3.06 bits per heavy atom. The summed E-state index contributed by atoms with van der Waals surface area (Å²) in [4.78, 5) is 12.6. The highest BCUT2D eigenvalue weighted by Crippen LogP contribution is 2.42. The maximum Gasteiger partial charge on any atom is 0.307 e. The van der Waals surface area contributed by atoms with E-state index in [1.807, 2.05) is 6.92 Å². The molecule has 17 heavy (non-hydrogen) atoms. The van der Waals surface area contributed by atoms with Gasteiger partial charge in [-0.05, 0) is 37.1 Å². The van der Waals surface area contributed by atoms with E-state index >= 15 is 0 Å². The molecule has 1 heterocycles. The van der Waals surface area contributed by atoms with Crippen LogP contribution in [0.2, 0.25) is 0 Å². The lowest BCUT2D eigenvalue weighted by molar-refractivity contribution is -0.143. The zero-order valence-corrected chi connectivity index (χ0v) is 11.0. The van der Waals surface area contributed by atoms with Crippen LogP contribution in [0.5, 0.6) is 0 Å². The first-order valence-electron chi connectivity index (χ1n) is 6.23. The SMILES string of the molecule is CCOC(=O)CCNC(c1cccs1)C1CC1. The smallest absolute Gasteiger partial charge is 0.307 e. The van der Waals surface area contributed by atoms with Crippen LogP contribution in [0.25, 0.3) is 0 Å². The topological polar surface area (TPSA) is 38.3 Å². The van der Waals surface area contributed by atoms with Gasteiger partial charge in [-0.2, -0.15) is 0 Å². The molecule has 3 nitrogen and oxygen atoms in total. The van der Waals surface area contributed by atoms with Crippen LogP contribution in [0.3, 0.4) is 0 Å². The molecular weight excluding hydrogens is 234 g/mol. The summed E-state index contributed by atoms with van der Waals surface area (Å²) >= 11 is 1.79. The molecule has 1 saturated carbocycles. The van der Waals surface area contributed by atoms with Gasteiger partial charge in [0, 0.05) is 17.5 Å². The van der Waals surface area contributed by atoms with Crippen molar-refractivity contribution in [3.63, 3.8) is 0 Å². The standard InChI is InChI=1S/C13H19NO2S/c1-2-16-12(15)7-8-14-13(10-5-6-10)11-4-3-9-17-11/h3-4,9-10,13-14H,2,5-8H2,1H3. The lowest BCUT2D eigenvalue weighted by Crippen LogP contribution is -2.25. The van der Waals surface area contributed by atoms with Crippen molar-refractivity contribution in [2.24, 2.45) is 5.92 Å². The lowest BCUT2D eigenvalue weighted by atomic mass is 10.1. The van der Waals surface area contributed by atoms with Gasteiger partial charge in [-0.1, -0.05) is 6.07 Å². The summed E-state index contributed by atoms with van der Waals surface area (Å²) in [6.45, 7) is 3.01. The summed E-state index contributed by atoms with van der Waals surface area (Å²) in [5.74, 6) is 0.650. The summed E-state index contributed by atoms with van der Waals surface area (Å²) in [7, 11) is 0. The minimum Gasteiger partial charge on any atom is -0.466 e. The normalized spacial score (nSPS) is 16.8. The zero-order valence-electron chi connectivity index (χ0n) is 10.1. The Morgan fingerprint density at radius 2 is 2.47 bits per heavy atom. The van der Waals surface area contributed by atoms with Crippen LogP contribution in [0.15, 0.2) is 17.5 Å². The van der Waals surface area contributed by atoms with Crippen molar-refractivity contribution in [1.29, 1.82) is 0 Å². The third kappa shape index (κ3) is 3.82. The third-order valence-electron chi connectivity index (χ3n) is 2.94. The van der Waals surface area contributed by atoms with Crippen LogP contribution in [0.1, 0.15) is 37.1 Å². The van der Waals surface area contributed by atoms with Gasteiger partial charge in [0.25, 0.3) is 0 Å². The number of hydrogen-bond acceptors (Lipinski definition) is 4. The number of nitrogens with one attached hydrogen (secondary N) is 1. The van der Waals surface area contributed by atoms with Crippen LogP contribution in [-0.2, 0) is 9.53 Å². The van der Waals surface area contributed by atoms with Gasteiger partial charge in [-0.3, -0.25) is 4.79 Å². The van der Waals surface area contributed by atoms with E-state index in [4.69, 9.17) is 4.74 Å². The molecule has 0 saturated heterocycles. The zero-order chi connectivity index (χ0) is 12.1. The summed E-state index contributed by atoms with van der Waals surface area (Å²) in [5, 5.41) is 5.59. The molecule has 1 fully saturated rings. The van der Waals surface area contributed by atoms with Crippen molar-refractivity contribution in [3.05, 3.63) is 22.4 Å². The fourth-order valence-electron chi connectivity index (χ4n) is 1.96. The van der Waals surface area contributed by atoms with Crippen molar-refractivity contribution in [2.45, 2.75) is 32.2 Å². The number of esters is 1. The van der Waals surface area contributed by atoms with Crippen LogP contribution in [0.4, 0.5) is 0 Å². The molecule has 0 spiro atoms. The average molecular weight is 253 g/mol. The number of thiophene rings is 1. The molecule has 0 radical (unpaired) electrons. The van der Waals surface area contributed by atoms with Crippen LogP contribution in [-0.4, -0.2) is 19.1 Å². The van der Waals surface area contributed by atoms with Crippen molar-refractivity contribution in [2.75, 3.05) is 13.2 Å². The Labute approximate surface area is 106 Å². The van der Waals surface area contributed by atoms with E-state index in [0.717, 1.165) is 5.92 Å². The molecule has 4 heteroatoms. The maximum absolute atomic E-state index is 11.2. The van der Waals surface area contributed by atoms with Crippen molar-refractivity contribution in [1.82, 2.24) is 5.32 Å². The first-order valence-corrected chi connectivity index (χ1v) is 7.11. The first kappa shape index (κ1) is 12.6. The van der Waals surface area contributed by atoms with E-state index in [2.05, 4.69) is 22.8 Å². The molecule has 0 aliphatic heterocycles.